The van der Waals surface area contributed by atoms with Gasteiger partial charge in [-0.15, -0.1) is 0 Å². The molecule has 2 heteroatoms. The van der Waals surface area contributed by atoms with E-state index in [0.29, 0.717) is 0 Å². The highest BCUT2D eigenvalue weighted by Crippen LogP contribution is 2.51. The van der Waals surface area contributed by atoms with Gasteiger partial charge in [-0.2, -0.15) is 0 Å². The van der Waals surface area contributed by atoms with Crippen LogP contribution in [-0.4, -0.2) is 0 Å². The van der Waals surface area contributed by atoms with Gasteiger partial charge in [-0.25, -0.2) is 0 Å². The van der Waals surface area contributed by atoms with Crippen molar-refractivity contribution in [2.45, 2.75) is 33.1 Å². The Bertz CT molecular complexity index is 3400. The van der Waals surface area contributed by atoms with E-state index in [4.69, 9.17) is 0 Å². The first-order valence-electron chi connectivity index (χ1n) is 22.7. The maximum Gasteiger partial charge on any atom is 0.0540 e. The van der Waals surface area contributed by atoms with E-state index < -0.39 is 0 Å². The average molecular weight is 835 g/mol. The van der Waals surface area contributed by atoms with Crippen LogP contribution in [0.1, 0.15) is 47.2 Å². The maximum absolute atomic E-state index is 2.42. The summed E-state index contributed by atoms with van der Waals surface area (Å²) in [5.41, 5.74) is 19.4. The van der Waals surface area contributed by atoms with Crippen LogP contribution in [-0.2, 0) is 5.41 Å². The van der Waals surface area contributed by atoms with Crippen molar-refractivity contribution in [1.82, 2.24) is 0 Å². The molecule has 0 radical (unpaired) electrons. The van der Waals surface area contributed by atoms with Crippen molar-refractivity contribution < 1.29 is 0 Å². The molecule has 0 bridgehead atoms. The van der Waals surface area contributed by atoms with Gasteiger partial charge in [0.15, 0.2) is 0 Å². The number of aryl methyl sites for hydroxylation is 2. The Kier molecular flexibility index (Phi) is 10.0. The van der Waals surface area contributed by atoms with Gasteiger partial charge in [0.2, 0.25) is 0 Å². The Balaban J connectivity index is 0.850. The molecule has 0 heterocycles. The molecular weight excluding hydrogens is 785 g/mol. The number of anilines is 6. The third-order valence-electron chi connectivity index (χ3n) is 13.5. The summed E-state index contributed by atoms with van der Waals surface area (Å²) >= 11 is 0. The zero-order valence-corrected chi connectivity index (χ0v) is 37.3. The molecule has 10 aromatic rings. The van der Waals surface area contributed by atoms with Gasteiger partial charge in [0.05, 0.1) is 11.4 Å². The number of fused-ring (bicyclic) bond motifs is 5. The predicted molar refractivity (Wildman–Crippen MR) is 279 cm³/mol. The van der Waals surface area contributed by atoms with E-state index >= 15 is 0 Å². The molecule has 2 nitrogen and oxygen atoms in total. The van der Waals surface area contributed by atoms with Crippen LogP contribution >= 0.6 is 0 Å². The van der Waals surface area contributed by atoms with Crippen molar-refractivity contribution in [2.75, 3.05) is 9.80 Å². The van der Waals surface area contributed by atoms with E-state index in [9.17, 15) is 0 Å². The molecule has 0 amide bonds. The van der Waals surface area contributed by atoms with Crippen molar-refractivity contribution in [3.8, 4) is 22.3 Å². The first-order chi connectivity index (χ1) is 31.8. The van der Waals surface area contributed by atoms with Crippen LogP contribution in [0, 0.1) is 13.8 Å². The second kappa shape index (κ2) is 16.3. The molecule has 312 valence electrons. The standard InChI is InChI=1S/C63H50N2/c1-43-23-39-61(57-21-13-11-19-53(43)57)64(49-15-7-5-8-16-49)51-34-32-48(33-35-51)47-30-27-45(28-31-47)25-26-46-29-37-55-56-38-36-52(42-60(56)63(3,4)59(55)41-46)65(50-17-9-6-10-18-50)62-40-24-44(2)54-20-12-14-22-58(54)62/h5-42H,1-4H3. The smallest absolute Gasteiger partial charge is 0.0540 e. The molecule has 0 aliphatic heterocycles. The van der Waals surface area contributed by atoms with Crippen LogP contribution in [0.15, 0.2) is 218 Å². The fourth-order valence-electron chi connectivity index (χ4n) is 10.0. The second-order valence-corrected chi connectivity index (χ2v) is 17.9. The highest BCUT2D eigenvalue weighted by atomic mass is 15.1. The van der Waals surface area contributed by atoms with Crippen molar-refractivity contribution in [1.29, 1.82) is 0 Å². The molecule has 10 aromatic carbocycles. The zero-order chi connectivity index (χ0) is 44.1. The summed E-state index contributed by atoms with van der Waals surface area (Å²) in [5.74, 6) is 0. The SMILES string of the molecule is Cc1ccc(N(c2ccccc2)c2ccc(-c3ccc(C=Cc4ccc5c(c4)C(C)(C)c4cc(N(c6ccccc6)c6ccc(C)c7ccccc67)ccc4-5)cc3)cc2)c2ccccc12. The van der Waals surface area contributed by atoms with Crippen LogP contribution in [0.2, 0.25) is 0 Å². The topological polar surface area (TPSA) is 6.48 Å². The summed E-state index contributed by atoms with van der Waals surface area (Å²) in [5, 5.41) is 5.04. The lowest BCUT2D eigenvalue weighted by atomic mass is 9.81. The quantitative estimate of drug-likeness (QED) is 0.134. The highest BCUT2D eigenvalue weighted by molar-refractivity contribution is 6.02. The molecule has 0 saturated carbocycles. The van der Waals surface area contributed by atoms with Crippen molar-refractivity contribution in [3.63, 3.8) is 0 Å². The summed E-state index contributed by atoms with van der Waals surface area (Å²) < 4.78 is 0. The monoisotopic (exact) mass is 834 g/mol. The molecule has 1 aliphatic rings. The fourth-order valence-corrected chi connectivity index (χ4v) is 10.0. The Hall–Kier alpha value is -7.94. The van der Waals surface area contributed by atoms with Crippen LogP contribution in [0.25, 0.3) is 56.0 Å². The van der Waals surface area contributed by atoms with Crippen molar-refractivity contribution in [2.24, 2.45) is 0 Å². The third-order valence-corrected chi connectivity index (χ3v) is 13.5. The third kappa shape index (κ3) is 7.18. The normalized spacial score (nSPS) is 12.7. The summed E-state index contributed by atoms with van der Waals surface area (Å²) in [6.07, 6.45) is 4.48. The maximum atomic E-state index is 2.42. The summed E-state index contributed by atoms with van der Waals surface area (Å²) in [7, 11) is 0. The summed E-state index contributed by atoms with van der Waals surface area (Å²) in [6, 6.07) is 79.8. The molecule has 0 aromatic heterocycles. The Morgan fingerprint density at radius 2 is 0.738 bits per heavy atom. The molecule has 11 rings (SSSR count). The minimum Gasteiger partial charge on any atom is -0.310 e. The van der Waals surface area contributed by atoms with E-state index in [1.54, 1.807) is 0 Å². The minimum atomic E-state index is -0.175. The van der Waals surface area contributed by atoms with Gasteiger partial charge in [0, 0.05) is 38.9 Å². The minimum absolute atomic E-state index is 0.175. The van der Waals surface area contributed by atoms with Crippen LogP contribution in [0.5, 0.6) is 0 Å². The summed E-state index contributed by atoms with van der Waals surface area (Å²) in [4.78, 5) is 4.78. The van der Waals surface area contributed by atoms with E-state index in [2.05, 4.69) is 268 Å². The zero-order valence-electron chi connectivity index (χ0n) is 37.3. The Morgan fingerprint density at radius 1 is 0.338 bits per heavy atom. The number of hydrogen-bond donors (Lipinski definition) is 0. The predicted octanol–water partition coefficient (Wildman–Crippen LogP) is 17.7. The molecule has 65 heavy (non-hydrogen) atoms. The van der Waals surface area contributed by atoms with Crippen molar-refractivity contribution in [3.05, 3.63) is 252 Å². The van der Waals surface area contributed by atoms with Gasteiger partial charge in [0.1, 0.15) is 0 Å². The van der Waals surface area contributed by atoms with Gasteiger partial charge < -0.3 is 9.80 Å². The summed E-state index contributed by atoms with van der Waals surface area (Å²) in [6.45, 7) is 9.13. The fraction of sp³-hybridized carbons (Fsp3) is 0.0794. The lowest BCUT2D eigenvalue weighted by Crippen LogP contribution is -2.17. The van der Waals surface area contributed by atoms with Crippen LogP contribution in [0.3, 0.4) is 0 Å². The van der Waals surface area contributed by atoms with Gasteiger partial charge in [-0.1, -0.05) is 184 Å². The van der Waals surface area contributed by atoms with Gasteiger partial charge in [-0.05, 0) is 141 Å². The Labute approximate surface area is 383 Å². The number of para-hydroxylation sites is 2. The number of rotatable bonds is 9. The number of nitrogens with zero attached hydrogens (tertiary/aromatic N) is 2. The molecule has 0 N–H and O–H groups in total. The number of benzene rings is 10. The second-order valence-electron chi connectivity index (χ2n) is 17.9. The van der Waals surface area contributed by atoms with E-state index in [-0.39, 0.29) is 5.41 Å². The first kappa shape index (κ1) is 39.9. The van der Waals surface area contributed by atoms with E-state index in [1.807, 2.05) is 0 Å². The van der Waals surface area contributed by atoms with Crippen molar-refractivity contribution >= 4 is 67.8 Å². The molecule has 0 atom stereocenters. The lowest BCUT2D eigenvalue weighted by Gasteiger charge is -2.29. The largest absolute Gasteiger partial charge is 0.310 e. The molecule has 0 spiro atoms. The van der Waals surface area contributed by atoms with Gasteiger partial charge >= 0.3 is 0 Å². The molecule has 0 unspecified atom stereocenters. The average Bonchev–Trinajstić information content (AvgIpc) is 3.58. The van der Waals surface area contributed by atoms with Gasteiger partial charge in [-0.3, -0.25) is 0 Å². The molecule has 1 aliphatic carbocycles. The Morgan fingerprint density at radius 3 is 1.29 bits per heavy atom. The molecular formula is C63H50N2. The first-order valence-corrected chi connectivity index (χ1v) is 22.7. The van der Waals surface area contributed by atoms with E-state index in [0.717, 1.165) is 22.7 Å². The van der Waals surface area contributed by atoms with Crippen LogP contribution in [0.4, 0.5) is 34.1 Å². The molecule has 0 fully saturated rings. The highest BCUT2D eigenvalue weighted by Gasteiger charge is 2.36. The lowest BCUT2D eigenvalue weighted by molar-refractivity contribution is 0.660. The van der Waals surface area contributed by atoms with E-state index in [1.165, 1.54) is 88.6 Å². The molecule has 0 saturated heterocycles. The van der Waals surface area contributed by atoms with Gasteiger partial charge in [0.25, 0.3) is 0 Å². The van der Waals surface area contributed by atoms with Crippen LogP contribution < -0.4 is 9.80 Å². The number of hydrogen-bond acceptors (Lipinski definition) is 2.